The lowest BCUT2D eigenvalue weighted by molar-refractivity contribution is 0.0995. The van der Waals surface area contributed by atoms with Gasteiger partial charge in [0.05, 0.1) is 5.69 Å². The first kappa shape index (κ1) is 19.6. The molecule has 0 bridgehead atoms. The number of nitrogens with one attached hydrogen (secondary N) is 1. The Morgan fingerprint density at radius 1 is 1.16 bits per heavy atom. The number of primary amides is 1. The average molecular weight is 414 g/mol. The van der Waals surface area contributed by atoms with Crippen molar-refractivity contribution in [3.63, 3.8) is 0 Å². The highest BCUT2D eigenvalue weighted by Crippen LogP contribution is 2.25. The van der Waals surface area contributed by atoms with Gasteiger partial charge in [-0.05, 0) is 73.7 Å². The van der Waals surface area contributed by atoms with Gasteiger partial charge in [-0.3, -0.25) is 4.79 Å². The van der Waals surface area contributed by atoms with Crippen molar-refractivity contribution in [2.45, 2.75) is 32.2 Å². The van der Waals surface area contributed by atoms with Crippen LogP contribution in [0, 0.1) is 6.92 Å². The van der Waals surface area contributed by atoms with Crippen LogP contribution in [-0.2, 0) is 6.54 Å². The molecule has 1 amide bonds. The van der Waals surface area contributed by atoms with Gasteiger partial charge in [0.1, 0.15) is 0 Å². The summed E-state index contributed by atoms with van der Waals surface area (Å²) in [5.74, 6) is 0.120. The second-order valence-corrected chi connectivity index (χ2v) is 8.42. The van der Waals surface area contributed by atoms with Crippen molar-refractivity contribution in [3.05, 3.63) is 83.3 Å². The van der Waals surface area contributed by atoms with E-state index in [1.54, 1.807) is 10.7 Å². The van der Waals surface area contributed by atoms with Crippen molar-refractivity contribution < 1.29 is 4.79 Å². The molecule has 4 aromatic rings. The molecule has 1 saturated heterocycles. The van der Waals surface area contributed by atoms with Crippen LogP contribution in [0.3, 0.4) is 0 Å². The summed E-state index contributed by atoms with van der Waals surface area (Å²) in [6.07, 6.45) is 4.65. The normalized spacial score (nSPS) is 16.6. The van der Waals surface area contributed by atoms with Crippen LogP contribution in [0.1, 0.15) is 46.1 Å². The van der Waals surface area contributed by atoms with E-state index in [-0.39, 0.29) is 5.69 Å². The summed E-state index contributed by atoms with van der Waals surface area (Å²) in [5.41, 5.74) is 11.3. The van der Waals surface area contributed by atoms with Gasteiger partial charge in [0.2, 0.25) is 0 Å². The first-order valence-electron chi connectivity index (χ1n) is 10.8. The van der Waals surface area contributed by atoms with E-state index >= 15 is 0 Å². The summed E-state index contributed by atoms with van der Waals surface area (Å²) in [5, 5.41) is 8.97. The standard InChI is InChI=1S/C25H27N5O/c1-17-13-23(25(26)31)28-30(17)22-8-9-24-20(14-22)10-12-29(24)16-18-4-6-19(7-5-18)21-3-2-11-27-15-21/h4-10,12-14,21,27H,2-3,11,15-16H2,1H3,(H2,26,31)/t21-/m0/s1. The van der Waals surface area contributed by atoms with Crippen molar-refractivity contribution in [2.24, 2.45) is 5.73 Å². The minimum atomic E-state index is -0.514. The predicted octanol–water partition coefficient (Wildman–Crippen LogP) is 3.75. The summed E-state index contributed by atoms with van der Waals surface area (Å²) in [6.45, 7) is 4.98. The highest BCUT2D eigenvalue weighted by Gasteiger charge is 2.15. The summed E-state index contributed by atoms with van der Waals surface area (Å²) in [4.78, 5) is 11.4. The Morgan fingerprint density at radius 2 is 2.00 bits per heavy atom. The van der Waals surface area contributed by atoms with Crippen LogP contribution < -0.4 is 11.1 Å². The summed E-state index contributed by atoms with van der Waals surface area (Å²) in [6, 6.07) is 19.1. The van der Waals surface area contributed by atoms with Crippen LogP contribution in [0.5, 0.6) is 0 Å². The van der Waals surface area contributed by atoms with Crippen LogP contribution in [0.4, 0.5) is 0 Å². The van der Waals surface area contributed by atoms with Crippen molar-refractivity contribution in [3.8, 4) is 5.69 Å². The molecule has 6 nitrogen and oxygen atoms in total. The Morgan fingerprint density at radius 3 is 2.71 bits per heavy atom. The summed E-state index contributed by atoms with van der Waals surface area (Å²) >= 11 is 0. The number of carbonyl (C=O) groups is 1. The van der Waals surface area contributed by atoms with Gasteiger partial charge in [0.25, 0.3) is 5.91 Å². The van der Waals surface area contributed by atoms with E-state index < -0.39 is 5.91 Å². The van der Waals surface area contributed by atoms with Gasteiger partial charge in [-0.15, -0.1) is 0 Å². The molecule has 2 aromatic heterocycles. The first-order valence-corrected chi connectivity index (χ1v) is 10.8. The van der Waals surface area contributed by atoms with Crippen molar-refractivity contribution in [2.75, 3.05) is 13.1 Å². The molecule has 0 aliphatic carbocycles. The number of rotatable bonds is 5. The van der Waals surface area contributed by atoms with Crippen molar-refractivity contribution in [1.82, 2.24) is 19.7 Å². The van der Waals surface area contributed by atoms with Gasteiger partial charge >= 0.3 is 0 Å². The maximum Gasteiger partial charge on any atom is 0.269 e. The molecule has 1 fully saturated rings. The van der Waals surface area contributed by atoms with Crippen LogP contribution >= 0.6 is 0 Å². The maximum absolute atomic E-state index is 11.4. The molecule has 0 unspecified atom stereocenters. The number of carbonyl (C=O) groups excluding carboxylic acids is 1. The van der Waals surface area contributed by atoms with E-state index in [2.05, 4.69) is 63.6 Å². The Hall–Kier alpha value is -3.38. The third-order valence-corrected chi connectivity index (χ3v) is 6.24. The van der Waals surface area contributed by atoms with Crippen LogP contribution in [0.2, 0.25) is 0 Å². The molecular weight excluding hydrogens is 386 g/mol. The van der Waals surface area contributed by atoms with Crippen LogP contribution in [0.25, 0.3) is 16.6 Å². The molecule has 31 heavy (non-hydrogen) atoms. The largest absolute Gasteiger partial charge is 0.364 e. The first-order chi connectivity index (χ1) is 15.1. The van der Waals surface area contributed by atoms with Crippen molar-refractivity contribution in [1.29, 1.82) is 0 Å². The fourth-order valence-electron chi connectivity index (χ4n) is 4.54. The van der Waals surface area contributed by atoms with E-state index in [4.69, 9.17) is 5.73 Å². The number of amides is 1. The number of benzene rings is 2. The Kier molecular flexibility index (Phi) is 5.08. The minimum absolute atomic E-state index is 0.280. The molecule has 3 N–H and O–H groups in total. The Bertz CT molecular complexity index is 1230. The molecule has 158 valence electrons. The quantitative estimate of drug-likeness (QED) is 0.523. The monoisotopic (exact) mass is 413 g/mol. The molecule has 5 rings (SSSR count). The third-order valence-electron chi connectivity index (χ3n) is 6.24. The van der Waals surface area contributed by atoms with E-state index in [9.17, 15) is 4.79 Å². The summed E-state index contributed by atoms with van der Waals surface area (Å²) < 4.78 is 4.02. The highest BCUT2D eigenvalue weighted by molar-refractivity contribution is 5.91. The topological polar surface area (TPSA) is 77.9 Å². The molecule has 2 aromatic carbocycles. The van der Waals surface area contributed by atoms with Gasteiger partial charge in [-0.25, -0.2) is 4.68 Å². The number of aromatic nitrogens is 3. The number of piperidine rings is 1. The lowest BCUT2D eigenvalue weighted by atomic mass is 9.91. The SMILES string of the molecule is Cc1cc(C(N)=O)nn1-c1ccc2c(ccn2Cc2ccc([C@H]3CCCNC3)cc2)c1. The van der Waals surface area contributed by atoms with E-state index in [1.807, 2.05) is 13.0 Å². The number of aryl methyl sites for hydroxylation is 1. The lowest BCUT2D eigenvalue weighted by Crippen LogP contribution is -2.28. The maximum atomic E-state index is 11.4. The predicted molar refractivity (Wildman–Crippen MR) is 123 cm³/mol. The minimum Gasteiger partial charge on any atom is -0.364 e. The number of nitrogens with two attached hydrogens (primary N) is 1. The second kappa shape index (κ2) is 8.04. The van der Waals surface area contributed by atoms with Crippen LogP contribution in [0.15, 0.2) is 60.8 Å². The molecule has 1 aliphatic heterocycles. The molecular formula is C25H27N5O. The van der Waals surface area contributed by atoms with Crippen LogP contribution in [-0.4, -0.2) is 33.3 Å². The number of hydrogen-bond acceptors (Lipinski definition) is 3. The van der Waals surface area contributed by atoms with Gasteiger partial charge in [0.15, 0.2) is 5.69 Å². The van der Waals surface area contributed by atoms with Gasteiger partial charge in [0, 0.05) is 35.9 Å². The second-order valence-electron chi connectivity index (χ2n) is 8.42. The zero-order chi connectivity index (χ0) is 21.4. The van der Waals surface area contributed by atoms with Gasteiger partial charge in [-0.2, -0.15) is 5.10 Å². The fourth-order valence-corrected chi connectivity index (χ4v) is 4.54. The molecule has 3 heterocycles. The molecule has 0 radical (unpaired) electrons. The number of hydrogen-bond donors (Lipinski definition) is 2. The zero-order valence-corrected chi connectivity index (χ0v) is 17.7. The smallest absolute Gasteiger partial charge is 0.269 e. The average Bonchev–Trinajstić information content (AvgIpc) is 3.38. The lowest BCUT2D eigenvalue weighted by Gasteiger charge is -2.23. The molecule has 1 aliphatic rings. The Balaban J connectivity index is 1.37. The van der Waals surface area contributed by atoms with Crippen molar-refractivity contribution >= 4 is 16.8 Å². The fraction of sp³-hybridized carbons (Fsp3) is 0.280. The molecule has 0 spiro atoms. The molecule has 0 saturated carbocycles. The zero-order valence-electron chi connectivity index (χ0n) is 17.7. The third kappa shape index (κ3) is 3.86. The number of fused-ring (bicyclic) bond motifs is 1. The summed E-state index contributed by atoms with van der Waals surface area (Å²) in [7, 11) is 0. The number of nitrogens with zero attached hydrogens (tertiary/aromatic N) is 3. The molecule has 1 atom stereocenters. The van der Waals surface area contributed by atoms with Gasteiger partial charge < -0.3 is 15.6 Å². The highest BCUT2D eigenvalue weighted by atomic mass is 16.1. The van der Waals surface area contributed by atoms with E-state index in [1.165, 1.54) is 29.5 Å². The van der Waals surface area contributed by atoms with Gasteiger partial charge in [-0.1, -0.05) is 24.3 Å². The molecule has 6 heteroatoms. The Labute approximate surface area is 181 Å². The van der Waals surface area contributed by atoms with E-state index in [0.717, 1.165) is 36.4 Å². The van der Waals surface area contributed by atoms with E-state index in [0.29, 0.717) is 5.92 Å².